The molecule has 0 spiro atoms. The average molecular weight is 214 g/mol. The fraction of sp³-hybridized carbons (Fsp3) is 0.286. The molecule has 1 aromatic rings. The van der Waals surface area contributed by atoms with Crippen LogP contribution in [0.5, 0.6) is 0 Å². The van der Waals surface area contributed by atoms with Crippen molar-refractivity contribution in [2.75, 3.05) is 13.1 Å². The second-order valence-electron chi connectivity index (χ2n) is 4.27. The summed E-state index contributed by atoms with van der Waals surface area (Å²) in [6.45, 7) is 12.0. The van der Waals surface area contributed by atoms with Gasteiger partial charge >= 0.3 is 0 Å². The van der Waals surface area contributed by atoms with Crippen LogP contribution in [-0.2, 0) is 0 Å². The molecule has 0 fully saturated rings. The Kier molecular flexibility index (Phi) is 3.11. The number of rotatable bonds is 2. The number of hydrogen-bond acceptors (Lipinski definition) is 1. The van der Waals surface area contributed by atoms with Crippen molar-refractivity contribution in [3.05, 3.63) is 40.6 Å². The third-order valence-corrected chi connectivity index (χ3v) is 2.81. The van der Waals surface area contributed by atoms with Gasteiger partial charge in [-0.3, -0.25) is 0 Å². The zero-order valence-corrected chi connectivity index (χ0v) is 9.77. The summed E-state index contributed by atoms with van der Waals surface area (Å²) >= 11 is 0. The van der Waals surface area contributed by atoms with Crippen LogP contribution in [0.3, 0.4) is 0 Å². The normalized spacial score (nSPS) is 17.3. The zero-order chi connectivity index (χ0) is 11.5. The Morgan fingerprint density at radius 3 is 2.94 bits per heavy atom. The van der Waals surface area contributed by atoms with E-state index in [4.69, 9.17) is 0 Å². The van der Waals surface area contributed by atoms with Gasteiger partial charge in [0.1, 0.15) is 0 Å². The van der Waals surface area contributed by atoms with E-state index in [0.29, 0.717) is 0 Å². The summed E-state index contributed by atoms with van der Waals surface area (Å²) in [7, 11) is 0. The maximum absolute atomic E-state index is 4.02. The Balaban J connectivity index is 2.54. The van der Waals surface area contributed by atoms with E-state index < -0.39 is 0 Å². The summed E-state index contributed by atoms with van der Waals surface area (Å²) < 4.78 is 0. The van der Waals surface area contributed by atoms with Gasteiger partial charge in [-0.2, -0.15) is 0 Å². The fourth-order valence-corrected chi connectivity index (χ4v) is 2.02. The molecule has 0 amide bonds. The van der Waals surface area contributed by atoms with Crippen LogP contribution in [0.25, 0.3) is 18.2 Å². The van der Waals surface area contributed by atoms with Crippen molar-refractivity contribution in [3.8, 4) is 0 Å². The summed E-state index contributed by atoms with van der Waals surface area (Å²) in [5.74, 6) is 0. The second-order valence-corrected chi connectivity index (χ2v) is 4.27. The Morgan fingerprint density at radius 2 is 2.31 bits per heavy atom. The van der Waals surface area contributed by atoms with Gasteiger partial charge in [0.05, 0.1) is 0 Å². The molecule has 0 unspecified atom stereocenters. The van der Waals surface area contributed by atoms with Gasteiger partial charge < -0.3 is 10.3 Å². The topological polar surface area (TPSA) is 27.8 Å². The van der Waals surface area contributed by atoms with Gasteiger partial charge in [-0.05, 0) is 31.5 Å². The van der Waals surface area contributed by atoms with Crippen molar-refractivity contribution in [1.29, 1.82) is 0 Å². The zero-order valence-electron chi connectivity index (χ0n) is 9.77. The highest BCUT2D eigenvalue weighted by Crippen LogP contribution is 2.14. The molecule has 0 aromatic carbocycles. The summed E-state index contributed by atoms with van der Waals surface area (Å²) in [5.41, 5.74) is 3.73. The number of allylic oxidation sites excluding steroid dienone is 1. The maximum Gasteiger partial charge on any atom is 0.0387 e. The minimum Gasteiger partial charge on any atom is -0.361 e. The highest BCUT2D eigenvalue weighted by Gasteiger charge is 2.08. The molecule has 16 heavy (non-hydrogen) atoms. The van der Waals surface area contributed by atoms with Crippen molar-refractivity contribution in [2.24, 2.45) is 0 Å². The Bertz CT molecular complexity index is 532. The lowest BCUT2D eigenvalue weighted by atomic mass is 10.0. The maximum atomic E-state index is 4.02. The first-order valence-corrected chi connectivity index (χ1v) is 5.62. The molecule has 2 nitrogen and oxygen atoms in total. The summed E-state index contributed by atoms with van der Waals surface area (Å²) in [4.78, 5) is 3.20. The van der Waals surface area contributed by atoms with E-state index in [2.05, 4.69) is 35.6 Å². The largest absolute Gasteiger partial charge is 0.361 e. The van der Waals surface area contributed by atoms with Gasteiger partial charge in [-0.25, -0.2) is 0 Å². The molecule has 2 rings (SSSR count). The molecular weight excluding hydrogens is 196 g/mol. The Labute approximate surface area is 96.1 Å². The summed E-state index contributed by atoms with van der Waals surface area (Å²) in [6.07, 6.45) is 7.47. The van der Waals surface area contributed by atoms with E-state index in [9.17, 15) is 0 Å². The number of H-pyrrole nitrogens is 1. The van der Waals surface area contributed by atoms with Gasteiger partial charge in [-0.15, -0.1) is 0 Å². The molecule has 2 heteroatoms. The first kappa shape index (κ1) is 11.0. The molecule has 0 bridgehead atoms. The van der Waals surface area contributed by atoms with E-state index in [1.165, 1.54) is 16.4 Å². The van der Waals surface area contributed by atoms with E-state index in [1.807, 2.05) is 13.1 Å². The van der Waals surface area contributed by atoms with Gasteiger partial charge in [0.2, 0.25) is 0 Å². The Hall–Kier alpha value is -1.54. The molecule has 84 valence electrons. The van der Waals surface area contributed by atoms with E-state index >= 15 is 0 Å². The van der Waals surface area contributed by atoms with Crippen molar-refractivity contribution in [2.45, 2.75) is 13.3 Å². The molecule has 1 aliphatic rings. The lowest BCUT2D eigenvalue weighted by molar-refractivity contribution is 0.738. The van der Waals surface area contributed by atoms with Gasteiger partial charge in [-0.1, -0.05) is 24.8 Å². The quantitative estimate of drug-likeness (QED) is 0.759. The average Bonchev–Trinajstić information content (AvgIpc) is 2.61. The third kappa shape index (κ3) is 2.17. The predicted octanol–water partition coefficient (Wildman–Crippen LogP) is 1.16. The van der Waals surface area contributed by atoms with E-state index in [0.717, 1.165) is 30.4 Å². The monoisotopic (exact) mass is 214 g/mol. The van der Waals surface area contributed by atoms with Gasteiger partial charge in [0, 0.05) is 28.9 Å². The van der Waals surface area contributed by atoms with Crippen LogP contribution in [0.2, 0.25) is 0 Å². The van der Waals surface area contributed by atoms with Crippen LogP contribution >= 0.6 is 0 Å². The smallest absolute Gasteiger partial charge is 0.0387 e. The first-order valence-electron chi connectivity index (χ1n) is 5.62. The Morgan fingerprint density at radius 1 is 1.50 bits per heavy atom. The van der Waals surface area contributed by atoms with E-state index in [-0.39, 0.29) is 0 Å². The number of aromatic amines is 1. The minimum absolute atomic E-state index is 0.958. The number of nitrogens with one attached hydrogen (secondary N) is 2. The van der Waals surface area contributed by atoms with Crippen LogP contribution in [0, 0.1) is 0 Å². The van der Waals surface area contributed by atoms with Gasteiger partial charge in [0.25, 0.3) is 0 Å². The fourth-order valence-electron chi connectivity index (χ4n) is 2.02. The number of hydrogen-bond donors (Lipinski definition) is 2. The number of aromatic nitrogens is 1. The summed E-state index contributed by atoms with van der Waals surface area (Å²) in [6, 6.07) is 0. The van der Waals surface area contributed by atoms with Crippen LogP contribution in [0.4, 0.5) is 0 Å². The SMILES string of the molecule is C=C(C)/C=c1/c(C2=CCNCC2)c[nH]c1=C. The van der Waals surface area contributed by atoms with Crippen LogP contribution < -0.4 is 15.9 Å². The predicted molar refractivity (Wildman–Crippen MR) is 70.3 cm³/mol. The molecule has 0 saturated carbocycles. The molecule has 1 aliphatic heterocycles. The van der Waals surface area contributed by atoms with Crippen LogP contribution in [-0.4, -0.2) is 18.1 Å². The highest BCUT2D eigenvalue weighted by molar-refractivity contribution is 5.68. The lowest BCUT2D eigenvalue weighted by Gasteiger charge is -2.12. The van der Waals surface area contributed by atoms with Crippen LogP contribution in [0.1, 0.15) is 18.9 Å². The standard InChI is InChI=1S/C14H18N2/c1-10(2)8-13-11(3)16-9-14(13)12-4-6-15-7-5-12/h4,8-9,15-16H,1,3,5-7H2,2H3/b13-8+. The summed E-state index contributed by atoms with van der Waals surface area (Å²) in [5, 5.41) is 5.47. The molecule has 2 N–H and O–H groups in total. The third-order valence-electron chi connectivity index (χ3n) is 2.81. The molecule has 2 heterocycles. The van der Waals surface area contributed by atoms with Crippen molar-refractivity contribution < 1.29 is 0 Å². The van der Waals surface area contributed by atoms with Gasteiger partial charge in [0.15, 0.2) is 0 Å². The molecule has 0 atom stereocenters. The van der Waals surface area contributed by atoms with Crippen molar-refractivity contribution in [1.82, 2.24) is 10.3 Å². The van der Waals surface area contributed by atoms with Crippen molar-refractivity contribution >= 4 is 18.2 Å². The lowest BCUT2D eigenvalue weighted by Crippen LogP contribution is -2.26. The second kappa shape index (κ2) is 4.54. The first-order chi connectivity index (χ1) is 7.68. The minimum atomic E-state index is 0.958. The molecular formula is C14H18N2. The van der Waals surface area contributed by atoms with E-state index in [1.54, 1.807) is 0 Å². The van der Waals surface area contributed by atoms with Crippen LogP contribution in [0.15, 0.2) is 24.4 Å². The highest BCUT2D eigenvalue weighted by atomic mass is 14.8. The molecule has 1 aromatic heterocycles. The molecule has 0 radical (unpaired) electrons. The molecule has 0 aliphatic carbocycles. The molecule has 0 saturated heterocycles. The van der Waals surface area contributed by atoms with Crippen molar-refractivity contribution in [3.63, 3.8) is 0 Å².